The Balaban J connectivity index is 1.90. The lowest BCUT2D eigenvalue weighted by atomic mass is 10.3. The summed E-state index contributed by atoms with van der Waals surface area (Å²) in [4.78, 5) is 11.9. The highest BCUT2D eigenvalue weighted by molar-refractivity contribution is 6.32. The number of hydrogen-bond donors (Lipinski definition) is 1. The lowest BCUT2D eigenvalue weighted by molar-refractivity contribution is 0.333. The molecule has 0 saturated heterocycles. The third kappa shape index (κ3) is 4.10. The number of allylic oxidation sites excluding steroid dienone is 1. The van der Waals surface area contributed by atoms with Gasteiger partial charge in [-0.2, -0.15) is 5.10 Å². The molecule has 5 nitrogen and oxygen atoms in total. The lowest BCUT2D eigenvalue weighted by Gasteiger charge is -2.10. The van der Waals surface area contributed by atoms with Gasteiger partial charge in [-0.1, -0.05) is 35.9 Å². The molecular weight excluding hydrogens is 290 g/mol. The fraction of sp³-hybridized carbons (Fsp3) is 0.200. The Morgan fingerprint density at radius 1 is 1.38 bits per heavy atom. The Labute approximate surface area is 127 Å². The van der Waals surface area contributed by atoms with Crippen LogP contribution in [0.2, 0.25) is 5.02 Å². The lowest BCUT2D eigenvalue weighted by Crippen LogP contribution is -2.24. The van der Waals surface area contributed by atoms with Crippen LogP contribution in [0.15, 0.2) is 54.0 Å². The molecule has 0 bridgehead atoms. The summed E-state index contributed by atoms with van der Waals surface area (Å²) in [6.07, 6.45) is 3.11. The predicted molar refractivity (Wildman–Crippen MR) is 84.1 cm³/mol. The molecule has 2 rings (SSSR count). The molecule has 0 radical (unpaired) electrons. The second-order valence-corrected chi connectivity index (χ2v) is 4.61. The van der Waals surface area contributed by atoms with Crippen molar-refractivity contribution in [3.05, 3.63) is 64.6 Å². The van der Waals surface area contributed by atoms with Gasteiger partial charge in [0.2, 0.25) is 0 Å². The minimum Gasteiger partial charge on any atom is -0.492 e. The van der Waals surface area contributed by atoms with E-state index in [9.17, 15) is 4.79 Å². The fourth-order valence-corrected chi connectivity index (χ4v) is 1.93. The van der Waals surface area contributed by atoms with Crippen LogP contribution < -0.4 is 15.6 Å². The molecule has 2 aromatic rings. The van der Waals surface area contributed by atoms with Crippen molar-refractivity contribution in [3.8, 4) is 5.75 Å². The van der Waals surface area contributed by atoms with Gasteiger partial charge in [0.25, 0.3) is 5.56 Å². The maximum Gasteiger partial charge on any atom is 0.287 e. The van der Waals surface area contributed by atoms with E-state index in [1.807, 2.05) is 30.3 Å². The molecule has 0 aliphatic carbocycles. The molecule has 110 valence electrons. The number of anilines is 1. The first-order valence-electron chi connectivity index (χ1n) is 6.50. The molecule has 0 unspecified atom stereocenters. The molecule has 1 aromatic heterocycles. The van der Waals surface area contributed by atoms with Crippen LogP contribution in [0.25, 0.3) is 0 Å². The van der Waals surface area contributed by atoms with Crippen molar-refractivity contribution in [1.82, 2.24) is 9.78 Å². The van der Waals surface area contributed by atoms with E-state index in [4.69, 9.17) is 16.3 Å². The molecule has 0 aliphatic rings. The van der Waals surface area contributed by atoms with Crippen LogP contribution in [0.5, 0.6) is 5.75 Å². The number of hydrogen-bond acceptors (Lipinski definition) is 4. The Morgan fingerprint density at radius 3 is 2.86 bits per heavy atom. The standard InChI is InChI=1S/C15H16ClN3O2/c1-2-9-19-15(20)14(16)13(11-18-19)17-8-10-21-12-6-4-3-5-7-12/h2-7,11,17H,1,8-10H2. The maximum absolute atomic E-state index is 11.9. The average Bonchev–Trinajstić information content (AvgIpc) is 2.51. The van der Waals surface area contributed by atoms with Gasteiger partial charge in [0, 0.05) is 6.54 Å². The molecule has 1 aromatic carbocycles. The predicted octanol–water partition coefficient (Wildman–Crippen LogP) is 2.57. The SMILES string of the molecule is C=CCn1ncc(NCCOc2ccccc2)c(Cl)c1=O. The van der Waals surface area contributed by atoms with Crippen molar-refractivity contribution < 1.29 is 4.74 Å². The summed E-state index contributed by atoms with van der Waals surface area (Å²) in [6, 6.07) is 9.50. The summed E-state index contributed by atoms with van der Waals surface area (Å²) in [5.74, 6) is 0.796. The van der Waals surface area contributed by atoms with Crippen LogP contribution in [0.1, 0.15) is 0 Å². The van der Waals surface area contributed by atoms with E-state index in [1.54, 1.807) is 6.08 Å². The van der Waals surface area contributed by atoms with Crippen molar-refractivity contribution in [1.29, 1.82) is 0 Å². The third-order valence-corrected chi connectivity index (χ3v) is 3.08. The molecule has 1 heterocycles. The Morgan fingerprint density at radius 2 is 2.14 bits per heavy atom. The zero-order chi connectivity index (χ0) is 15.1. The normalized spacial score (nSPS) is 10.1. The van der Waals surface area contributed by atoms with Crippen LogP contribution in [0.3, 0.4) is 0 Å². The van der Waals surface area contributed by atoms with Crippen molar-refractivity contribution >= 4 is 17.3 Å². The number of halogens is 1. The monoisotopic (exact) mass is 305 g/mol. The highest BCUT2D eigenvalue weighted by atomic mass is 35.5. The summed E-state index contributed by atoms with van der Waals surface area (Å²) in [7, 11) is 0. The summed E-state index contributed by atoms with van der Waals surface area (Å²) >= 11 is 6.02. The molecule has 0 atom stereocenters. The number of aromatic nitrogens is 2. The van der Waals surface area contributed by atoms with Gasteiger partial charge in [-0.05, 0) is 12.1 Å². The van der Waals surface area contributed by atoms with E-state index in [0.717, 1.165) is 5.75 Å². The quantitative estimate of drug-likeness (QED) is 0.631. The van der Waals surface area contributed by atoms with Gasteiger partial charge < -0.3 is 10.1 Å². The first kappa shape index (κ1) is 15.1. The first-order valence-corrected chi connectivity index (χ1v) is 6.88. The average molecular weight is 306 g/mol. The number of benzene rings is 1. The van der Waals surface area contributed by atoms with E-state index in [0.29, 0.717) is 25.4 Å². The summed E-state index contributed by atoms with van der Waals surface area (Å²) in [6.45, 7) is 4.86. The molecule has 21 heavy (non-hydrogen) atoms. The van der Waals surface area contributed by atoms with Gasteiger partial charge in [-0.3, -0.25) is 4.79 Å². The maximum atomic E-state index is 11.9. The minimum absolute atomic E-state index is 0.117. The third-order valence-electron chi connectivity index (χ3n) is 2.72. The van der Waals surface area contributed by atoms with E-state index in [2.05, 4.69) is 17.0 Å². The Kier molecular flexibility index (Phi) is 5.40. The smallest absolute Gasteiger partial charge is 0.287 e. The van der Waals surface area contributed by atoms with E-state index < -0.39 is 0 Å². The summed E-state index contributed by atoms with van der Waals surface area (Å²) < 4.78 is 6.79. The second kappa shape index (κ2) is 7.50. The van der Waals surface area contributed by atoms with Gasteiger partial charge in [0.1, 0.15) is 17.4 Å². The van der Waals surface area contributed by atoms with Crippen molar-refractivity contribution in [2.24, 2.45) is 0 Å². The Hall–Kier alpha value is -2.27. The van der Waals surface area contributed by atoms with Gasteiger partial charge in [0.05, 0.1) is 18.4 Å². The minimum atomic E-state index is -0.342. The van der Waals surface area contributed by atoms with E-state index in [-0.39, 0.29) is 10.6 Å². The summed E-state index contributed by atoms with van der Waals surface area (Å²) in [5.41, 5.74) is 0.157. The number of para-hydroxylation sites is 1. The molecule has 1 N–H and O–H groups in total. The second-order valence-electron chi connectivity index (χ2n) is 4.24. The van der Waals surface area contributed by atoms with E-state index >= 15 is 0 Å². The van der Waals surface area contributed by atoms with Gasteiger partial charge >= 0.3 is 0 Å². The van der Waals surface area contributed by atoms with E-state index in [1.165, 1.54) is 10.9 Å². The van der Waals surface area contributed by atoms with Crippen LogP contribution in [0, 0.1) is 0 Å². The largest absolute Gasteiger partial charge is 0.492 e. The molecule has 0 amide bonds. The highest BCUT2D eigenvalue weighted by Gasteiger charge is 2.07. The number of rotatable bonds is 7. The first-order chi connectivity index (χ1) is 10.2. The zero-order valence-corrected chi connectivity index (χ0v) is 12.2. The molecule has 0 fully saturated rings. The van der Waals surface area contributed by atoms with Gasteiger partial charge in [-0.25, -0.2) is 4.68 Å². The summed E-state index contributed by atoms with van der Waals surface area (Å²) in [5, 5.41) is 7.16. The van der Waals surface area contributed by atoms with Gasteiger partial charge in [-0.15, -0.1) is 6.58 Å². The number of nitrogens with one attached hydrogen (secondary N) is 1. The molecular formula is C15H16ClN3O2. The topological polar surface area (TPSA) is 56.1 Å². The highest BCUT2D eigenvalue weighted by Crippen LogP contribution is 2.15. The van der Waals surface area contributed by atoms with Crippen LogP contribution >= 0.6 is 11.6 Å². The van der Waals surface area contributed by atoms with Crippen LogP contribution in [0.4, 0.5) is 5.69 Å². The molecule has 0 aliphatic heterocycles. The van der Waals surface area contributed by atoms with Crippen molar-refractivity contribution in [2.45, 2.75) is 6.54 Å². The van der Waals surface area contributed by atoms with Crippen LogP contribution in [-0.2, 0) is 6.54 Å². The zero-order valence-electron chi connectivity index (χ0n) is 11.5. The van der Waals surface area contributed by atoms with Gasteiger partial charge in [0.15, 0.2) is 0 Å². The molecule has 0 saturated carbocycles. The fourth-order valence-electron chi connectivity index (χ4n) is 1.71. The van der Waals surface area contributed by atoms with Crippen molar-refractivity contribution in [2.75, 3.05) is 18.5 Å². The van der Waals surface area contributed by atoms with Crippen molar-refractivity contribution in [3.63, 3.8) is 0 Å². The number of ether oxygens (including phenoxy) is 1. The Bertz CT molecular complexity index is 656. The molecule has 6 heteroatoms. The molecule has 0 spiro atoms. The van der Waals surface area contributed by atoms with Crippen LogP contribution in [-0.4, -0.2) is 22.9 Å². The number of nitrogens with zero attached hydrogens (tertiary/aromatic N) is 2.